The number of aromatic nitrogens is 4. The number of hydrogen-bond acceptors (Lipinski definition) is 5. The number of nitrogen functional groups attached to an aromatic ring is 1. The summed E-state index contributed by atoms with van der Waals surface area (Å²) < 4.78 is 15.3. The Hall–Kier alpha value is -3.81. The first-order valence-electron chi connectivity index (χ1n) is 11.1. The van der Waals surface area contributed by atoms with Crippen LogP contribution < -0.4 is 11.1 Å². The Bertz CT molecular complexity index is 1320. The molecule has 0 unspecified atom stereocenters. The molecular formula is C25H25FN6O. The van der Waals surface area contributed by atoms with Gasteiger partial charge in [0, 0.05) is 17.7 Å². The number of nitrogens with two attached hydrogens (primary N) is 1. The number of carbonyl (C=O) groups excluding carboxylic acids is 1. The molecule has 168 valence electrons. The number of nitrogens with one attached hydrogen (secondary N) is 1. The number of aryl methyl sites for hydroxylation is 1. The summed E-state index contributed by atoms with van der Waals surface area (Å²) in [5, 5.41) is 8.57. The molecule has 4 aromatic rings. The molecule has 1 aliphatic rings. The van der Waals surface area contributed by atoms with Gasteiger partial charge < -0.3 is 11.1 Å². The molecule has 1 aliphatic carbocycles. The maximum Gasteiger partial charge on any atom is 0.251 e. The molecule has 3 N–H and O–H groups in total. The van der Waals surface area contributed by atoms with Gasteiger partial charge in [-0.05, 0) is 49.1 Å². The van der Waals surface area contributed by atoms with Crippen LogP contribution in [0.2, 0.25) is 0 Å². The normalized spacial score (nSPS) is 14.1. The van der Waals surface area contributed by atoms with Crippen molar-refractivity contribution in [3.63, 3.8) is 0 Å². The highest BCUT2D eigenvalue weighted by Crippen LogP contribution is 2.36. The van der Waals surface area contributed by atoms with Gasteiger partial charge in [-0.15, -0.1) is 0 Å². The number of carbonyl (C=O) groups is 1. The molecule has 8 heteroatoms. The number of amides is 1. The van der Waals surface area contributed by atoms with Gasteiger partial charge in [0.25, 0.3) is 5.91 Å². The Labute approximate surface area is 190 Å². The van der Waals surface area contributed by atoms with Crippen molar-refractivity contribution in [3.05, 3.63) is 71.3 Å². The molecule has 0 aliphatic heterocycles. The first kappa shape index (κ1) is 21.1. The van der Waals surface area contributed by atoms with E-state index >= 15 is 0 Å². The highest BCUT2D eigenvalue weighted by molar-refractivity contribution is 5.98. The van der Waals surface area contributed by atoms with Crippen LogP contribution >= 0.6 is 0 Å². The third kappa shape index (κ3) is 4.04. The Balaban J connectivity index is 1.38. The van der Waals surface area contributed by atoms with Crippen LogP contribution in [0, 0.1) is 12.7 Å². The number of halogens is 1. The lowest BCUT2D eigenvalue weighted by atomic mass is 10.1. The molecule has 33 heavy (non-hydrogen) atoms. The van der Waals surface area contributed by atoms with Crippen molar-refractivity contribution in [2.45, 2.75) is 45.2 Å². The quantitative estimate of drug-likeness (QED) is 0.470. The highest BCUT2D eigenvalue weighted by atomic mass is 19.1. The van der Waals surface area contributed by atoms with E-state index in [4.69, 9.17) is 10.8 Å². The fourth-order valence-electron chi connectivity index (χ4n) is 4.54. The minimum atomic E-state index is -0.353. The summed E-state index contributed by atoms with van der Waals surface area (Å²) in [5.74, 6) is -0.165. The van der Waals surface area contributed by atoms with Gasteiger partial charge in [-0.1, -0.05) is 37.1 Å². The van der Waals surface area contributed by atoms with Gasteiger partial charge in [0.1, 0.15) is 23.7 Å². The molecule has 5 rings (SSSR count). The summed E-state index contributed by atoms with van der Waals surface area (Å²) in [5.41, 5.74) is 10.7. The van der Waals surface area contributed by atoms with E-state index in [9.17, 15) is 9.18 Å². The molecule has 0 atom stereocenters. The maximum atomic E-state index is 13.3. The molecule has 7 nitrogen and oxygen atoms in total. The Morgan fingerprint density at radius 3 is 2.64 bits per heavy atom. The van der Waals surface area contributed by atoms with Crippen LogP contribution in [0.1, 0.15) is 53.2 Å². The molecule has 2 aromatic carbocycles. The summed E-state index contributed by atoms with van der Waals surface area (Å²) in [7, 11) is 0. The smallest absolute Gasteiger partial charge is 0.251 e. The Morgan fingerprint density at radius 1 is 1.15 bits per heavy atom. The van der Waals surface area contributed by atoms with Gasteiger partial charge in [-0.25, -0.2) is 19.0 Å². The first-order valence-corrected chi connectivity index (χ1v) is 11.1. The number of fused-ring (bicyclic) bond motifs is 1. The largest absolute Gasteiger partial charge is 0.383 e. The van der Waals surface area contributed by atoms with Gasteiger partial charge in [-0.3, -0.25) is 4.79 Å². The lowest BCUT2D eigenvalue weighted by molar-refractivity contribution is 0.0950. The maximum absolute atomic E-state index is 13.3. The average Bonchev–Trinajstić information content (AvgIpc) is 3.46. The molecular weight excluding hydrogens is 419 g/mol. The molecule has 0 spiro atoms. The van der Waals surface area contributed by atoms with E-state index in [-0.39, 0.29) is 11.7 Å². The third-order valence-electron chi connectivity index (χ3n) is 6.30. The lowest BCUT2D eigenvalue weighted by Crippen LogP contribution is -2.23. The topological polar surface area (TPSA) is 98.7 Å². The third-order valence-corrected chi connectivity index (χ3v) is 6.30. The zero-order valence-corrected chi connectivity index (χ0v) is 18.4. The zero-order chi connectivity index (χ0) is 22.9. The van der Waals surface area contributed by atoms with E-state index in [1.54, 1.807) is 6.92 Å². The lowest BCUT2D eigenvalue weighted by Gasteiger charge is -2.10. The van der Waals surface area contributed by atoms with Crippen molar-refractivity contribution >= 4 is 22.8 Å². The second-order valence-electron chi connectivity index (χ2n) is 8.53. The van der Waals surface area contributed by atoms with Gasteiger partial charge in [0.15, 0.2) is 5.65 Å². The minimum absolute atomic E-state index is 0.234. The molecule has 2 aromatic heterocycles. The summed E-state index contributed by atoms with van der Waals surface area (Å²) in [4.78, 5) is 21.1. The molecule has 0 radical (unpaired) electrons. The van der Waals surface area contributed by atoms with E-state index in [2.05, 4.69) is 15.3 Å². The van der Waals surface area contributed by atoms with E-state index in [0.29, 0.717) is 29.5 Å². The standard InChI is InChI=1S/C25H25FN6O/c1-15-12-18(26)10-11-20(15)25(33)28-13-16-6-8-17(9-7-16)22-21-23(27)29-14-30-24(21)32(31-22)19-4-2-3-5-19/h6-12,14,19H,2-5,13H2,1H3,(H,28,33)(H2,27,29,30). The Kier molecular flexibility index (Phi) is 5.50. The summed E-state index contributed by atoms with van der Waals surface area (Å²) in [6, 6.07) is 12.3. The molecule has 0 saturated heterocycles. The second-order valence-corrected chi connectivity index (χ2v) is 8.53. The fourth-order valence-corrected chi connectivity index (χ4v) is 4.54. The van der Waals surface area contributed by atoms with Crippen LogP contribution in [0.25, 0.3) is 22.3 Å². The predicted molar refractivity (Wildman–Crippen MR) is 125 cm³/mol. The monoisotopic (exact) mass is 444 g/mol. The minimum Gasteiger partial charge on any atom is -0.383 e. The number of benzene rings is 2. The second kappa shape index (κ2) is 8.61. The van der Waals surface area contributed by atoms with Gasteiger partial charge in [0.05, 0.1) is 11.4 Å². The summed E-state index contributed by atoms with van der Waals surface area (Å²) in [6.07, 6.45) is 6.06. The van der Waals surface area contributed by atoms with Crippen LogP contribution in [0.4, 0.5) is 10.2 Å². The fraction of sp³-hybridized carbons (Fsp3) is 0.280. The van der Waals surface area contributed by atoms with E-state index in [1.807, 2.05) is 28.9 Å². The molecule has 0 bridgehead atoms. The molecule has 1 fully saturated rings. The molecule has 1 amide bonds. The van der Waals surface area contributed by atoms with Crippen molar-refractivity contribution in [3.8, 4) is 11.3 Å². The molecule has 2 heterocycles. The highest BCUT2D eigenvalue weighted by Gasteiger charge is 2.24. The van der Waals surface area contributed by atoms with Crippen molar-refractivity contribution in [1.82, 2.24) is 25.1 Å². The SMILES string of the molecule is Cc1cc(F)ccc1C(=O)NCc1ccc(-c2nn(C3CCCC3)c3ncnc(N)c23)cc1. The van der Waals surface area contributed by atoms with Crippen molar-refractivity contribution < 1.29 is 9.18 Å². The summed E-state index contributed by atoms with van der Waals surface area (Å²) >= 11 is 0. The molecule has 1 saturated carbocycles. The van der Waals surface area contributed by atoms with Crippen LogP contribution in [0.15, 0.2) is 48.8 Å². The van der Waals surface area contributed by atoms with Crippen LogP contribution in [0.3, 0.4) is 0 Å². The van der Waals surface area contributed by atoms with Crippen molar-refractivity contribution in [2.24, 2.45) is 0 Å². The van der Waals surface area contributed by atoms with Gasteiger partial charge in [-0.2, -0.15) is 5.10 Å². The summed E-state index contributed by atoms with van der Waals surface area (Å²) in [6.45, 7) is 2.08. The number of rotatable bonds is 5. The van der Waals surface area contributed by atoms with Crippen LogP contribution in [-0.4, -0.2) is 25.7 Å². The van der Waals surface area contributed by atoms with Crippen molar-refractivity contribution in [1.29, 1.82) is 0 Å². The first-order chi connectivity index (χ1) is 16.0. The van der Waals surface area contributed by atoms with E-state index in [1.165, 1.54) is 37.4 Å². The van der Waals surface area contributed by atoms with E-state index < -0.39 is 0 Å². The van der Waals surface area contributed by atoms with Crippen LogP contribution in [-0.2, 0) is 6.54 Å². The number of nitrogens with zero attached hydrogens (tertiary/aromatic N) is 4. The average molecular weight is 445 g/mol. The zero-order valence-electron chi connectivity index (χ0n) is 18.4. The van der Waals surface area contributed by atoms with Gasteiger partial charge >= 0.3 is 0 Å². The predicted octanol–water partition coefficient (Wildman–Crippen LogP) is 4.57. The van der Waals surface area contributed by atoms with Crippen LogP contribution in [0.5, 0.6) is 0 Å². The van der Waals surface area contributed by atoms with Gasteiger partial charge in [0.2, 0.25) is 0 Å². The van der Waals surface area contributed by atoms with E-state index in [0.717, 1.165) is 40.7 Å². The number of anilines is 1. The number of hydrogen-bond donors (Lipinski definition) is 2. The Morgan fingerprint density at radius 2 is 1.91 bits per heavy atom. The van der Waals surface area contributed by atoms with Crippen molar-refractivity contribution in [2.75, 3.05) is 5.73 Å².